The number of methoxy groups -OCH3 is 2. The van der Waals surface area contributed by atoms with Crippen molar-refractivity contribution in [3.8, 4) is 28.7 Å². The molecule has 0 aromatic heterocycles. The smallest absolute Gasteiger partial charge is 0.310 e. The lowest BCUT2D eigenvalue weighted by Gasteiger charge is -2.37. The predicted octanol–water partition coefficient (Wildman–Crippen LogP) is 1.94. The third-order valence-corrected chi connectivity index (χ3v) is 7.55. The summed E-state index contributed by atoms with van der Waals surface area (Å²) in [6, 6.07) is 6.34. The molecule has 2 aromatic carbocycles. The summed E-state index contributed by atoms with van der Waals surface area (Å²) in [7, 11) is 4.29. The highest BCUT2D eigenvalue weighted by molar-refractivity contribution is 6.48. The minimum absolute atomic E-state index is 0.0512. The van der Waals surface area contributed by atoms with Crippen LogP contribution in [0.3, 0.4) is 0 Å². The molecule has 3 heterocycles. The number of hydrogen-bond acceptors (Lipinski definition) is 10. The Labute approximate surface area is 211 Å². The first kappa shape index (κ1) is 23.1. The Morgan fingerprint density at radius 1 is 0.973 bits per heavy atom. The molecule has 2 fully saturated rings. The molecular weight excluding hydrogens is 484 g/mol. The van der Waals surface area contributed by atoms with Crippen molar-refractivity contribution in [2.24, 2.45) is 16.8 Å². The van der Waals surface area contributed by atoms with E-state index in [1.54, 1.807) is 12.1 Å². The number of phenolic OH excluding ortho intramolecular Hbond substituents is 1. The average Bonchev–Trinajstić information content (AvgIpc) is 3.58. The predicted molar refractivity (Wildman–Crippen MR) is 126 cm³/mol. The van der Waals surface area contributed by atoms with Crippen molar-refractivity contribution >= 4 is 23.5 Å². The fourth-order valence-electron chi connectivity index (χ4n) is 5.71. The Morgan fingerprint density at radius 3 is 2.22 bits per heavy atom. The second kappa shape index (κ2) is 8.39. The van der Waals surface area contributed by atoms with E-state index in [-0.39, 0.29) is 48.7 Å². The van der Waals surface area contributed by atoms with E-state index in [2.05, 4.69) is 0 Å². The lowest BCUT2D eigenvalue weighted by molar-refractivity contribution is -0.141. The number of benzene rings is 2. The van der Waals surface area contributed by atoms with Gasteiger partial charge >= 0.3 is 5.97 Å². The van der Waals surface area contributed by atoms with E-state index in [0.717, 1.165) is 16.0 Å². The first-order valence-corrected chi connectivity index (χ1v) is 11.7. The van der Waals surface area contributed by atoms with E-state index in [1.165, 1.54) is 21.3 Å². The van der Waals surface area contributed by atoms with Crippen LogP contribution in [0.2, 0.25) is 0 Å². The van der Waals surface area contributed by atoms with Gasteiger partial charge in [-0.2, -0.15) is 0 Å². The minimum atomic E-state index is -0.661. The maximum Gasteiger partial charge on any atom is 0.310 e. The quantitative estimate of drug-likeness (QED) is 0.486. The van der Waals surface area contributed by atoms with Crippen LogP contribution in [-0.4, -0.2) is 68.2 Å². The van der Waals surface area contributed by atoms with E-state index >= 15 is 0 Å². The molecule has 192 valence electrons. The minimum Gasteiger partial charge on any atom is -0.502 e. The highest BCUT2D eigenvalue weighted by Gasteiger charge is 2.53. The van der Waals surface area contributed by atoms with Crippen LogP contribution in [0.5, 0.6) is 28.7 Å². The van der Waals surface area contributed by atoms with E-state index < -0.39 is 35.7 Å². The number of aliphatic imine (C=N–C) groups is 1. The van der Waals surface area contributed by atoms with Crippen LogP contribution >= 0.6 is 0 Å². The van der Waals surface area contributed by atoms with Gasteiger partial charge in [-0.05, 0) is 41.0 Å². The number of nitrogens with zero attached hydrogens (tertiary/aromatic N) is 2. The number of esters is 1. The molecule has 3 aliphatic heterocycles. The number of amides is 2. The van der Waals surface area contributed by atoms with Gasteiger partial charge in [0.05, 0.1) is 39.2 Å². The Kier molecular flexibility index (Phi) is 5.25. The van der Waals surface area contributed by atoms with Crippen molar-refractivity contribution in [2.45, 2.75) is 18.4 Å². The number of rotatable bonds is 4. The third kappa shape index (κ3) is 3.40. The molecule has 0 radical (unpaired) electrons. The summed E-state index contributed by atoms with van der Waals surface area (Å²) in [6.07, 6.45) is -0.103. The van der Waals surface area contributed by atoms with Crippen LogP contribution < -0.4 is 18.9 Å². The molecule has 2 amide bonds. The monoisotopic (exact) mass is 508 g/mol. The molecule has 2 saturated heterocycles. The van der Waals surface area contributed by atoms with Gasteiger partial charge in [-0.3, -0.25) is 24.3 Å². The van der Waals surface area contributed by atoms with Gasteiger partial charge in [-0.25, -0.2) is 0 Å². The van der Waals surface area contributed by atoms with Crippen LogP contribution in [0, 0.1) is 11.8 Å². The van der Waals surface area contributed by atoms with Crippen molar-refractivity contribution in [1.29, 1.82) is 0 Å². The van der Waals surface area contributed by atoms with Gasteiger partial charge in [-0.1, -0.05) is 0 Å². The Morgan fingerprint density at radius 2 is 1.62 bits per heavy atom. The molecule has 0 bridgehead atoms. The molecule has 1 N–H and O–H groups in total. The van der Waals surface area contributed by atoms with Crippen LogP contribution in [0.15, 0.2) is 29.3 Å². The highest BCUT2D eigenvalue weighted by atomic mass is 16.7. The van der Waals surface area contributed by atoms with Gasteiger partial charge in [0.2, 0.25) is 18.4 Å². The number of carbonyl (C=O) groups excluding carboxylic acids is 3. The number of hydrogen-bond donors (Lipinski definition) is 1. The Hall–Kier alpha value is -4.28. The van der Waals surface area contributed by atoms with Crippen molar-refractivity contribution in [2.75, 3.05) is 34.7 Å². The standard InChI is InChI=1S/C26H24N2O9/c1-28-20(29)8-15(25(28)31)27-23-13-7-17-16(36-10-37-17)6-12(13)21(22-14(23)9-35-26(22)32)11-4-18(33-2)24(30)19(5-11)34-3/h4-7,14,21-23,30H,8-10H2,1-3H3/t14-,21+,22-,23+/m0/s1. The number of fused-ring (bicyclic) bond motifs is 3. The van der Waals surface area contributed by atoms with Gasteiger partial charge in [-0.15, -0.1) is 0 Å². The summed E-state index contributed by atoms with van der Waals surface area (Å²) in [5.41, 5.74) is 2.28. The first-order chi connectivity index (χ1) is 17.8. The molecule has 11 nitrogen and oxygen atoms in total. The molecule has 37 heavy (non-hydrogen) atoms. The number of likely N-dealkylation sites (tertiary alicyclic amines) is 1. The number of imide groups is 1. The maximum absolute atomic E-state index is 13.2. The lowest BCUT2D eigenvalue weighted by Crippen LogP contribution is -2.35. The van der Waals surface area contributed by atoms with Gasteiger partial charge in [0.15, 0.2) is 23.0 Å². The third-order valence-electron chi connectivity index (χ3n) is 7.55. The summed E-state index contributed by atoms with van der Waals surface area (Å²) in [5, 5.41) is 10.5. The molecule has 0 unspecified atom stereocenters. The molecule has 0 saturated carbocycles. The van der Waals surface area contributed by atoms with E-state index in [4.69, 9.17) is 28.7 Å². The summed E-state index contributed by atoms with van der Waals surface area (Å²) >= 11 is 0. The van der Waals surface area contributed by atoms with Crippen LogP contribution in [0.1, 0.15) is 35.1 Å². The number of ether oxygens (including phenoxy) is 5. The topological polar surface area (TPSA) is 133 Å². The van der Waals surface area contributed by atoms with Gasteiger partial charge < -0.3 is 28.8 Å². The van der Waals surface area contributed by atoms with Gasteiger partial charge in [0.1, 0.15) is 5.71 Å². The van der Waals surface area contributed by atoms with Crippen molar-refractivity contribution < 1.29 is 43.2 Å². The Balaban J connectivity index is 1.58. The second-order valence-corrected chi connectivity index (χ2v) is 9.36. The fourth-order valence-corrected chi connectivity index (χ4v) is 5.71. The molecule has 1 aliphatic carbocycles. The first-order valence-electron chi connectivity index (χ1n) is 11.7. The fraction of sp³-hybridized carbons (Fsp3) is 0.385. The van der Waals surface area contributed by atoms with Gasteiger partial charge in [0.25, 0.3) is 5.91 Å². The normalized spacial score (nSPS) is 26.8. The van der Waals surface area contributed by atoms with Crippen LogP contribution in [-0.2, 0) is 19.1 Å². The summed E-state index contributed by atoms with van der Waals surface area (Å²) < 4.78 is 27.6. The highest BCUT2D eigenvalue weighted by Crippen LogP contribution is 2.56. The Bertz CT molecular complexity index is 1360. The molecule has 2 aromatic rings. The molecule has 11 heteroatoms. The summed E-state index contributed by atoms with van der Waals surface area (Å²) in [4.78, 5) is 43.9. The zero-order chi connectivity index (χ0) is 26.0. The molecular formula is C26H24N2O9. The lowest BCUT2D eigenvalue weighted by atomic mass is 9.65. The summed E-state index contributed by atoms with van der Waals surface area (Å²) in [5.74, 6) is -1.51. The molecule has 6 rings (SSSR count). The zero-order valence-electron chi connectivity index (χ0n) is 20.3. The molecule has 4 atom stereocenters. The zero-order valence-corrected chi connectivity index (χ0v) is 20.3. The molecule has 0 spiro atoms. The molecule has 4 aliphatic rings. The van der Waals surface area contributed by atoms with Gasteiger partial charge in [0, 0.05) is 18.9 Å². The summed E-state index contributed by atoms with van der Waals surface area (Å²) in [6.45, 7) is 0.148. The number of phenols is 1. The van der Waals surface area contributed by atoms with E-state index in [9.17, 15) is 19.5 Å². The number of aromatic hydroxyl groups is 1. The largest absolute Gasteiger partial charge is 0.502 e. The van der Waals surface area contributed by atoms with Crippen LogP contribution in [0.4, 0.5) is 0 Å². The second-order valence-electron chi connectivity index (χ2n) is 9.36. The number of cyclic esters (lactones) is 1. The average molecular weight is 508 g/mol. The van der Waals surface area contributed by atoms with Crippen molar-refractivity contribution in [1.82, 2.24) is 4.90 Å². The van der Waals surface area contributed by atoms with E-state index in [0.29, 0.717) is 17.1 Å². The van der Waals surface area contributed by atoms with Crippen molar-refractivity contribution in [3.63, 3.8) is 0 Å². The van der Waals surface area contributed by atoms with Crippen LogP contribution in [0.25, 0.3) is 0 Å². The number of carbonyl (C=O) groups is 3. The SMILES string of the molecule is COc1cc([C@@H]2c3cc4c(cc3[C@@H](N=C3CC(=O)N(C)C3=O)[C@H]3COC(=O)[C@H]23)OCO4)cc(OC)c1O. The van der Waals surface area contributed by atoms with E-state index in [1.807, 2.05) is 12.1 Å². The van der Waals surface area contributed by atoms with Crippen molar-refractivity contribution in [3.05, 3.63) is 41.0 Å². The maximum atomic E-state index is 13.2.